The van der Waals surface area contributed by atoms with Gasteiger partial charge in [-0.2, -0.15) is 13.2 Å². The highest BCUT2D eigenvalue weighted by Gasteiger charge is 2.49. The van der Waals surface area contributed by atoms with Crippen LogP contribution in [0.5, 0.6) is 0 Å². The van der Waals surface area contributed by atoms with E-state index in [9.17, 15) is 18.0 Å². The molecule has 2 saturated carbocycles. The number of carbonyl (C=O) groups excluding carboxylic acids is 1. The highest BCUT2D eigenvalue weighted by atomic mass is 19.4. The maximum absolute atomic E-state index is 11.9. The van der Waals surface area contributed by atoms with Crippen LogP contribution >= 0.6 is 0 Å². The topological polar surface area (TPSA) is 55.1 Å². The van der Waals surface area contributed by atoms with Crippen molar-refractivity contribution >= 4 is 5.91 Å². The fourth-order valence-electron chi connectivity index (χ4n) is 3.17. The van der Waals surface area contributed by atoms with Crippen molar-refractivity contribution in [2.24, 2.45) is 23.5 Å². The van der Waals surface area contributed by atoms with E-state index in [-0.39, 0.29) is 30.3 Å². The average molecular weight is 250 g/mol. The molecule has 0 aromatic rings. The van der Waals surface area contributed by atoms with E-state index in [1.807, 2.05) is 0 Å². The van der Waals surface area contributed by atoms with Crippen LogP contribution < -0.4 is 11.1 Å². The van der Waals surface area contributed by atoms with E-state index in [1.165, 1.54) is 0 Å². The molecule has 0 radical (unpaired) electrons. The van der Waals surface area contributed by atoms with Gasteiger partial charge in [-0.3, -0.25) is 4.79 Å². The number of amides is 1. The van der Waals surface area contributed by atoms with Gasteiger partial charge in [-0.15, -0.1) is 0 Å². The molecule has 2 aliphatic carbocycles. The molecule has 0 saturated heterocycles. The number of carbonyl (C=O) groups is 1. The van der Waals surface area contributed by atoms with Crippen LogP contribution in [0.15, 0.2) is 0 Å². The first-order valence-corrected chi connectivity index (χ1v) is 5.98. The lowest BCUT2D eigenvalue weighted by atomic mass is 9.84. The van der Waals surface area contributed by atoms with Crippen molar-refractivity contribution in [1.82, 2.24) is 5.32 Å². The maximum Gasteiger partial charge on any atom is 0.390 e. The number of hydrogen-bond acceptors (Lipinski definition) is 2. The Kier molecular flexibility index (Phi) is 3.34. The first kappa shape index (κ1) is 12.7. The molecule has 98 valence electrons. The number of nitrogens with one attached hydrogen (secondary N) is 1. The van der Waals surface area contributed by atoms with Crippen LogP contribution in [0, 0.1) is 17.8 Å². The van der Waals surface area contributed by atoms with Crippen LogP contribution in [0.1, 0.15) is 25.7 Å². The first-order chi connectivity index (χ1) is 7.88. The van der Waals surface area contributed by atoms with Gasteiger partial charge in [-0.25, -0.2) is 0 Å². The lowest BCUT2D eigenvalue weighted by Gasteiger charge is -2.27. The average Bonchev–Trinajstić information content (AvgIpc) is 2.75. The third kappa shape index (κ3) is 2.73. The van der Waals surface area contributed by atoms with Crippen LogP contribution in [0.4, 0.5) is 13.2 Å². The Morgan fingerprint density at radius 1 is 1.29 bits per heavy atom. The highest BCUT2D eigenvalue weighted by molar-refractivity contribution is 5.80. The molecule has 2 fully saturated rings. The predicted molar refractivity (Wildman–Crippen MR) is 56.0 cm³/mol. The van der Waals surface area contributed by atoms with Gasteiger partial charge in [0.25, 0.3) is 0 Å². The molecule has 2 aliphatic rings. The molecule has 0 spiro atoms. The molecule has 0 aromatic heterocycles. The number of nitrogens with two attached hydrogens (primary N) is 1. The summed E-state index contributed by atoms with van der Waals surface area (Å²) in [4.78, 5) is 11.8. The fraction of sp³-hybridized carbons (Fsp3) is 0.909. The van der Waals surface area contributed by atoms with Gasteiger partial charge in [-0.1, -0.05) is 0 Å². The summed E-state index contributed by atoms with van der Waals surface area (Å²) >= 11 is 0. The Morgan fingerprint density at radius 3 is 2.47 bits per heavy atom. The summed E-state index contributed by atoms with van der Waals surface area (Å²) in [6.45, 7) is -0.344. The molecule has 6 heteroatoms. The van der Waals surface area contributed by atoms with Gasteiger partial charge in [0.2, 0.25) is 5.91 Å². The standard InChI is InChI=1S/C11H17F3N2O/c12-11(13,14)3-4-16-10(17)8-6-1-2-7(5-6)9(8)15/h6-9H,1-5,15H2,(H,16,17). The van der Waals surface area contributed by atoms with Gasteiger partial charge >= 0.3 is 6.18 Å². The molecule has 4 unspecified atom stereocenters. The highest BCUT2D eigenvalue weighted by Crippen LogP contribution is 2.47. The molecular weight excluding hydrogens is 233 g/mol. The van der Waals surface area contributed by atoms with Gasteiger partial charge in [0.05, 0.1) is 12.3 Å². The molecule has 0 aromatic carbocycles. The number of alkyl halides is 3. The molecule has 2 rings (SSSR count). The predicted octanol–water partition coefficient (Wildman–Crippen LogP) is 1.43. The van der Waals surface area contributed by atoms with Crippen LogP contribution in [0.2, 0.25) is 0 Å². The smallest absolute Gasteiger partial charge is 0.355 e. The van der Waals surface area contributed by atoms with Crippen molar-refractivity contribution < 1.29 is 18.0 Å². The van der Waals surface area contributed by atoms with Gasteiger partial charge in [0.15, 0.2) is 0 Å². The summed E-state index contributed by atoms with van der Waals surface area (Å²) in [5.74, 6) is 0.0928. The summed E-state index contributed by atoms with van der Waals surface area (Å²) < 4.78 is 35.8. The zero-order valence-electron chi connectivity index (χ0n) is 9.46. The van der Waals surface area contributed by atoms with Gasteiger partial charge in [0.1, 0.15) is 0 Å². The second-order valence-electron chi connectivity index (χ2n) is 5.09. The van der Waals surface area contributed by atoms with E-state index in [0.29, 0.717) is 5.92 Å². The number of rotatable bonds is 3. The number of halogens is 3. The zero-order chi connectivity index (χ0) is 12.6. The summed E-state index contributed by atoms with van der Waals surface area (Å²) in [5, 5.41) is 2.36. The Morgan fingerprint density at radius 2 is 1.94 bits per heavy atom. The Balaban J connectivity index is 1.81. The van der Waals surface area contributed by atoms with E-state index in [1.54, 1.807) is 0 Å². The van der Waals surface area contributed by atoms with Gasteiger partial charge < -0.3 is 11.1 Å². The second-order valence-corrected chi connectivity index (χ2v) is 5.09. The molecule has 0 aliphatic heterocycles. The molecule has 2 bridgehead atoms. The molecule has 4 atom stereocenters. The molecule has 3 nitrogen and oxygen atoms in total. The van der Waals surface area contributed by atoms with Gasteiger partial charge in [0, 0.05) is 12.6 Å². The third-order valence-corrected chi connectivity index (χ3v) is 3.99. The van der Waals surface area contributed by atoms with Crippen LogP contribution in [0.25, 0.3) is 0 Å². The lowest BCUT2D eigenvalue weighted by molar-refractivity contribution is -0.137. The summed E-state index contributed by atoms with van der Waals surface area (Å²) in [6.07, 6.45) is -2.20. The van der Waals surface area contributed by atoms with Crippen LogP contribution in [-0.2, 0) is 4.79 Å². The van der Waals surface area contributed by atoms with Crippen molar-refractivity contribution in [1.29, 1.82) is 0 Å². The van der Waals surface area contributed by atoms with Crippen LogP contribution in [0.3, 0.4) is 0 Å². The number of hydrogen-bond donors (Lipinski definition) is 2. The van der Waals surface area contributed by atoms with Crippen molar-refractivity contribution in [2.45, 2.75) is 37.9 Å². The molecule has 1 amide bonds. The Labute approximate surface area is 97.9 Å². The van der Waals surface area contributed by atoms with Crippen LogP contribution in [-0.4, -0.2) is 24.7 Å². The zero-order valence-corrected chi connectivity index (χ0v) is 9.46. The third-order valence-electron chi connectivity index (χ3n) is 3.99. The molecule has 17 heavy (non-hydrogen) atoms. The van der Waals surface area contributed by atoms with E-state index >= 15 is 0 Å². The summed E-state index contributed by atoms with van der Waals surface area (Å²) in [5.41, 5.74) is 5.94. The minimum atomic E-state index is -4.22. The molecule has 0 heterocycles. The maximum atomic E-state index is 11.9. The number of fused-ring (bicyclic) bond motifs is 2. The largest absolute Gasteiger partial charge is 0.390 e. The first-order valence-electron chi connectivity index (χ1n) is 5.98. The van der Waals surface area contributed by atoms with E-state index in [4.69, 9.17) is 5.73 Å². The molecule has 3 N–H and O–H groups in total. The quantitative estimate of drug-likeness (QED) is 0.796. The Hall–Kier alpha value is -0.780. The Bertz CT molecular complexity index is 304. The normalized spacial score (nSPS) is 36.2. The SMILES string of the molecule is NC1C2CCC(C2)C1C(=O)NCCC(F)(F)F. The minimum absolute atomic E-state index is 0.167. The lowest BCUT2D eigenvalue weighted by Crippen LogP contribution is -2.45. The van der Waals surface area contributed by atoms with Crippen molar-refractivity contribution in [3.05, 3.63) is 0 Å². The monoisotopic (exact) mass is 250 g/mol. The van der Waals surface area contributed by atoms with Crippen molar-refractivity contribution in [3.63, 3.8) is 0 Å². The molecular formula is C11H17F3N2O. The van der Waals surface area contributed by atoms with Crippen molar-refractivity contribution in [2.75, 3.05) is 6.54 Å². The van der Waals surface area contributed by atoms with E-state index in [0.717, 1.165) is 19.3 Å². The fourth-order valence-corrected chi connectivity index (χ4v) is 3.17. The van der Waals surface area contributed by atoms with E-state index < -0.39 is 12.6 Å². The van der Waals surface area contributed by atoms with Crippen molar-refractivity contribution in [3.8, 4) is 0 Å². The summed E-state index contributed by atoms with van der Waals surface area (Å²) in [7, 11) is 0. The van der Waals surface area contributed by atoms with Gasteiger partial charge in [-0.05, 0) is 31.1 Å². The van der Waals surface area contributed by atoms with E-state index in [2.05, 4.69) is 5.32 Å². The second kappa shape index (κ2) is 4.48. The summed E-state index contributed by atoms with van der Waals surface area (Å²) in [6, 6.07) is -0.167. The minimum Gasteiger partial charge on any atom is -0.355 e.